The molecule has 0 radical (unpaired) electrons. The largest absolute Gasteiger partial charge is 0.352 e. The Labute approximate surface area is 111 Å². The molecule has 2 unspecified atom stereocenters. The molecule has 3 N–H and O–H groups in total. The number of hydrogen-bond donors (Lipinski definition) is 2. The van der Waals surface area contributed by atoms with Crippen LogP contribution in [0.4, 0.5) is 0 Å². The molecular formula is C14H29N3O. The molecule has 0 bridgehead atoms. The number of nitrogens with zero attached hydrogens (tertiary/aromatic N) is 1. The third kappa shape index (κ3) is 4.25. The first-order chi connectivity index (χ1) is 8.62. The summed E-state index contributed by atoms with van der Waals surface area (Å²) in [5.74, 6) is 0.725. The lowest BCUT2D eigenvalue weighted by molar-refractivity contribution is -0.127. The van der Waals surface area contributed by atoms with Gasteiger partial charge in [0.05, 0.1) is 6.04 Å². The number of likely N-dealkylation sites (tertiary alicyclic amines) is 1. The molecule has 1 aliphatic heterocycles. The molecule has 0 aromatic carbocycles. The van der Waals surface area contributed by atoms with Gasteiger partial charge in [-0.25, -0.2) is 0 Å². The molecule has 1 amide bonds. The zero-order valence-electron chi connectivity index (χ0n) is 12.1. The van der Waals surface area contributed by atoms with E-state index < -0.39 is 0 Å². The predicted molar refractivity (Wildman–Crippen MR) is 75.3 cm³/mol. The van der Waals surface area contributed by atoms with Crippen molar-refractivity contribution in [3.63, 3.8) is 0 Å². The van der Waals surface area contributed by atoms with Crippen molar-refractivity contribution in [2.24, 2.45) is 11.7 Å². The van der Waals surface area contributed by atoms with Crippen LogP contribution in [0.1, 0.15) is 46.5 Å². The lowest BCUT2D eigenvalue weighted by atomic mass is 9.97. The summed E-state index contributed by atoms with van der Waals surface area (Å²) in [6, 6.07) is 0.287. The lowest BCUT2D eigenvalue weighted by Gasteiger charge is -2.36. The monoisotopic (exact) mass is 255 g/mol. The Balaban J connectivity index is 2.47. The standard InChI is InChI=1S/C14H29N3O/c1-4-13(5-2)16-14(18)11(3)17-8-6-7-12(9-15)10-17/h11-13H,4-10,15H2,1-3H3,(H,16,18). The van der Waals surface area contributed by atoms with Crippen molar-refractivity contribution in [2.45, 2.75) is 58.5 Å². The number of carbonyl (C=O) groups excluding carboxylic acids is 1. The number of hydrogen-bond acceptors (Lipinski definition) is 3. The molecule has 1 rings (SSSR count). The quantitative estimate of drug-likeness (QED) is 0.753. The molecule has 0 aromatic rings. The molecule has 106 valence electrons. The SMILES string of the molecule is CCC(CC)NC(=O)C(C)N1CCCC(CN)C1. The molecule has 0 saturated carbocycles. The molecule has 18 heavy (non-hydrogen) atoms. The average Bonchev–Trinajstić information content (AvgIpc) is 2.43. The minimum atomic E-state index is -0.0278. The summed E-state index contributed by atoms with van der Waals surface area (Å²) in [6.07, 6.45) is 4.36. The van der Waals surface area contributed by atoms with E-state index in [0.717, 1.165) is 38.9 Å². The second-order valence-electron chi connectivity index (χ2n) is 5.44. The van der Waals surface area contributed by atoms with Gasteiger partial charge in [-0.3, -0.25) is 9.69 Å². The molecule has 4 heteroatoms. The molecule has 1 heterocycles. The van der Waals surface area contributed by atoms with E-state index >= 15 is 0 Å². The van der Waals surface area contributed by atoms with Crippen LogP contribution in [-0.4, -0.2) is 42.5 Å². The summed E-state index contributed by atoms with van der Waals surface area (Å²) in [5.41, 5.74) is 5.74. The zero-order valence-corrected chi connectivity index (χ0v) is 12.1. The summed E-state index contributed by atoms with van der Waals surface area (Å²) < 4.78 is 0. The van der Waals surface area contributed by atoms with E-state index in [-0.39, 0.29) is 11.9 Å². The minimum absolute atomic E-state index is 0.0278. The van der Waals surface area contributed by atoms with Crippen molar-refractivity contribution in [2.75, 3.05) is 19.6 Å². The fourth-order valence-electron chi connectivity index (χ4n) is 2.62. The summed E-state index contributed by atoms with van der Waals surface area (Å²) >= 11 is 0. The maximum Gasteiger partial charge on any atom is 0.237 e. The van der Waals surface area contributed by atoms with E-state index in [4.69, 9.17) is 5.73 Å². The predicted octanol–water partition coefficient (Wildman–Crippen LogP) is 1.35. The Morgan fingerprint density at radius 1 is 1.44 bits per heavy atom. The molecule has 1 saturated heterocycles. The van der Waals surface area contributed by atoms with E-state index in [1.807, 2.05) is 6.92 Å². The van der Waals surface area contributed by atoms with Crippen LogP contribution >= 0.6 is 0 Å². The molecule has 4 nitrogen and oxygen atoms in total. The van der Waals surface area contributed by atoms with Gasteiger partial charge in [0.15, 0.2) is 0 Å². The van der Waals surface area contributed by atoms with Crippen molar-refractivity contribution in [1.82, 2.24) is 10.2 Å². The van der Waals surface area contributed by atoms with Gasteiger partial charge in [0, 0.05) is 12.6 Å². The van der Waals surface area contributed by atoms with Gasteiger partial charge in [0.25, 0.3) is 0 Å². The lowest BCUT2D eigenvalue weighted by Crippen LogP contribution is -2.51. The third-order valence-corrected chi connectivity index (χ3v) is 4.14. The van der Waals surface area contributed by atoms with Crippen molar-refractivity contribution < 1.29 is 4.79 Å². The maximum atomic E-state index is 12.2. The van der Waals surface area contributed by atoms with E-state index in [9.17, 15) is 4.79 Å². The Bertz CT molecular complexity index is 253. The summed E-state index contributed by atoms with van der Waals surface area (Å²) in [6.45, 7) is 8.96. The Morgan fingerprint density at radius 3 is 2.67 bits per heavy atom. The molecule has 2 atom stereocenters. The van der Waals surface area contributed by atoms with Crippen LogP contribution in [0.3, 0.4) is 0 Å². The normalized spacial score (nSPS) is 23.1. The number of rotatable bonds is 6. The highest BCUT2D eigenvalue weighted by atomic mass is 16.2. The van der Waals surface area contributed by atoms with Crippen molar-refractivity contribution in [3.05, 3.63) is 0 Å². The Kier molecular flexibility index (Phi) is 6.65. The van der Waals surface area contributed by atoms with Crippen LogP contribution in [0, 0.1) is 5.92 Å². The molecule has 1 aliphatic rings. The maximum absolute atomic E-state index is 12.2. The van der Waals surface area contributed by atoms with E-state index in [1.54, 1.807) is 0 Å². The molecule has 0 aliphatic carbocycles. The first-order valence-electron chi connectivity index (χ1n) is 7.36. The molecule has 0 aromatic heterocycles. The van der Waals surface area contributed by atoms with Crippen LogP contribution < -0.4 is 11.1 Å². The second-order valence-corrected chi connectivity index (χ2v) is 5.44. The number of nitrogens with two attached hydrogens (primary N) is 1. The van der Waals surface area contributed by atoms with Gasteiger partial charge in [-0.2, -0.15) is 0 Å². The summed E-state index contributed by atoms with van der Waals surface area (Å²) in [7, 11) is 0. The topological polar surface area (TPSA) is 58.4 Å². The first-order valence-corrected chi connectivity index (χ1v) is 7.36. The Hall–Kier alpha value is -0.610. The first kappa shape index (κ1) is 15.4. The number of piperidine rings is 1. The summed E-state index contributed by atoms with van der Waals surface area (Å²) in [4.78, 5) is 14.5. The highest BCUT2D eigenvalue weighted by Gasteiger charge is 2.27. The zero-order chi connectivity index (χ0) is 13.5. The fraction of sp³-hybridized carbons (Fsp3) is 0.929. The van der Waals surface area contributed by atoms with Crippen LogP contribution in [-0.2, 0) is 4.79 Å². The Morgan fingerprint density at radius 2 is 2.11 bits per heavy atom. The van der Waals surface area contributed by atoms with Gasteiger partial charge in [0.1, 0.15) is 0 Å². The van der Waals surface area contributed by atoms with Crippen molar-refractivity contribution in [3.8, 4) is 0 Å². The van der Waals surface area contributed by atoms with E-state index in [2.05, 4.69) is 24.1 Å². The van der Waals surface area contributed by atoms with Crippen LogP contribution in [0.5, 0.6) is 0 Å². The minimum Gasteiger partial charge on any atom is -0.352 e. The average molecular weight is 255 g/mol. The molecule has 1 fully saturated rings. The van der Waals surface area contributed by atoms with Gasteiger partial charge in [0.2, 0.25) is 5.91 Å². The smallest absolute Gasteiger partial charge is 0.237 e. The third-order valence-electron chi connectivity index (χ3n) is 4.14. The fourth-order valence-corrected chi connectivity index (χ4v) is 2.62. The van der Waals surface area contributed by atoms with Gasteiger partial charge < -0.3 is 11.1 Å². The van der Waals surface area contributed by atoms with Crippen LogP contribution in [0.2, 0.25) is 0 Å². The van der Waals surface area contributed by atoms with Gasteiger partial charge in [-0.15, -0.1) is 0 Å². The van der Waals surface area contributed by atoms with Gasteiger partial charge >= 0.3 is 0 Å². The molecule has 0 spiro atoms. The van der Waals surface area contributed by atoms with Gasteiger partial charge in [-0.05, 0) is 51.6 Å². The number of carbonyl (C=O) groups is 1. The highest BCUT2D eigenvalue weighted by Crippen LogP contribution is 2.17. The van der Waals surface area contributed by atoms with Crippen molar-refractivity contribution >= 4 is 5.91 Å². The van der Waals surface area contributed by atoms with Crippen LogP contribution in [0.25, 0.3) is 0 Å². The second kappa shape index (κ2) is 7.74. The van der Waals surface area contributed by atoms with Crippen molar-refractivity contribution in [1.29, 1.82) is 0 Å². The number of amides is 1. The van der Waals surface area contributed by atoms with Crippen LogP contribution in [0.15, 0.2) is 0 Å². The molecular weight excluding hydrogens is 226 g/mol. The summed E-state index contributed by atoms with van der Waals surface area (Å²) in [5, 5.41) is 3.13. The number of nitrogens with one attached hydrogen (secondary N) is 1. The van der Waals surface area contributed by atoms with E-state index in [0.29, 0.717) is 12.0 Å². The van der Waals surface area contributed by atoms with Gasteiger partial charge in [-0.1, -0.05) is 13.8 Å². The van der Waals surface area contributed by atoms with E-state index in [1.165, 1.54) is 6.42 Å². The highest BCUT2D eigenvalue weighted by molar-refractivity contribution is 5.81.